The molecule has 2 aromatic carbocycles. The van der Waals surface area contributed by atoms with Crippen LogP contribution < -0.4 is 4.74 Å². The van der Waals surface area contributed by atoms with E-state index in [1.165, 1.54) is 12.1 Å². The maximum Gasteiger partial charge on any atom is 0.429 e. The maximum atomic E-state index is 12.0. The third kappa shape index (κ3) is 1.85. The molecule has 5 nitrogen and oxygen atoms in total. The van der Waals surface area contributed by atoms with Crippen LogP contribution in [-0.4, -0.2) is 22.8 Å². The van der Waals surface area contributed by atoms with Crippen molar-refractivity contribution >= 4 is 17.9 Å². The van der Waals surface area contributed by atoms with Crippen LogP contribution in [0.5, 0.6) is 5.75 Å². The molecule has 1 aliphatic heterocycles. The van der Waals surface area contributed by atoms with Gasteiger partial charge in [0.2, 0.25) is 0 Å². The number of rotatable bonds is 1. The van der Waals surface area contributed by atoms with Crippen LogP contribution in [0.3, 0.4) is 0 Å². The van der Waals surface area contributed by atoms with Gasteiger partial charge in [-0.15, -0.1) is 0 Å². The Morgan fingerprint density at radius 2 is 1.30 bits per heavy atom. The van der Waals surface area contributed by atoms with E-state index in [0.29, 0.717) is 4.90 Å². The van der Waals surface area contributed by atoms with Gasteiger partial charge >= 0.3 is 6.09 Å². The molecule has 0 atom stereocenters. The van der Waals surface area contributed by atoms with E-state index in [4.69, 9.17) is 4.74 Å². The topological polar surface area (TPSA) is 63.7 Å². The molecule has 0 fully saturated rings. The van der Waals surface area contributed by atoms with Crippen molar-refractivity contribution in [3.05, 3.63) is 65.7 Å². The van der Waals surface area contributed by atoms with Gasteiger partial charge in [0.1, 0.15) is 5.75 Å². The van der Waals surface area contributed by atoms with E-state index >= 15 is 0 Å². The van der Waals surface area contributed by atoms with E-state index in [0.717, 1.165) is 0 Å². The van der Waals surface area contributed by atoms with Gasteiger partial charge in [0, 0.05) is 0 Å². The lowest BCUT2D eigenvalue weighted by Crippen LogP contribution is -2.38. The molecule has 1 heterocycles. The van der Waals surface area contributed by atoms with E-state index in [-0.39, 0.29) is 16.9 Å². The Bertz CT molecular complexity index is 674. The highest BCUT2D eigenvalue weighted by atomic mass is 16.6. The quantitative estimate of drug-likeness (QED) is 0.744. The van der Waals surface area contributed by atoms with Crippen molar-refractivity contribution in [3.8, 4) is 5.75 Å². The standard InChI is InChI=1S/C15H9NO4/c17-13-11-8-4-5-9-12(11)14(18)16(13)15(19)20-10-6-2-1-3-7-10/h1-9H. The summed E-state index contributed by atoms with van der Waals surface area (Å²) in [6, 6.07) is 14.5. The van der Waals surface area contributed by atoms with Gasteiger partial charge in [0.15, 0.2) is 0 Å². The molecule has 0 unspecified atom stereocenters. The first-order chi connectivity index (χ1) is 9.68. The number of hydrogen-bond acceptors (Lipinski definition) is 4. The van der Waals surface area contributed by atoms with E-state index in [1.807, 2.05) is 0 Å². The average Bonchev–Trinajstić information content (AvgIpc) is 2.72. The minimum atomic E-state index is -0.998. The second kappa shape index (κ2) is 4.62. The normalized spacial score (nSPS) is 13.3. The minimum Gasteiger partial charge on any atom is -0.410 e. The van der Waals surface area contributed by atoms with E-state index in [1.54, 1.807) is 42.5 Å². The molecular formula is C15H9NO4. The molecule has 20 heavy (non-hydrogen) atoms. The van der Waals surface area contributed by atoms with Gasteiger partial charge in [-0.25, -0.2) is 4.79 Å². The number of benzene rings is 2. The molecular weight excluding hydrogens is 258 g/mol. The van der Waals surface area contributed by atoms with Crippen molar-refractivity contribution < 1.29 is 19.1 Å². The number of fused-ring (bicyclic) bond motifs is 1. The van der Waals surface area contributed by atoms with Crippen LogP contribution in [0.4, 0.5) is 4.79 Å². The van der Waals surface area contributed by atoms with Gasteiger partial charge in [-0.05, 0) is 24.3 Å². The Labute approximate surface area is 114 Å². The second-order valence-corrected chi connectivity index (χ2v) is 4.17. The van der Waals surface area contributed by atoms with Gasteiger partial charge < -0.3 is 4.74 Å². The lowest BCUT2D eigenvalue weighted by molar-refractivity contribution is 0.0660. The summed E-state index contributed by atoms with van der Waals surface area (Å²) in [6.07, 6.45) is -0.998. The molecule has 0 spiro atoms. The fourth-order valence-electron chi connectivity index (χ4n) is 1.99. The number of carbonyl (C=O) groups is 3. The number of amides is 3. The number of carbonyl (C=O) groups excluding carboxylic acids is 3. The highest BCUT2D eigenvalue weighted by Crippen LogP contribution is 2.23. The van der Waals surface area contributed by atoms with Gasteiger partial charge in [-0.2, -0.15) is 4.90 Å². The van der Waals surface area contributed by atoms with Crippen LogP contribution in [0.25, 0.3) is 0 Å². The first kappa shape index (κ1) is 12.1. The van der Waals surface area contributed by atoms with Gasteiger partial charge in [0.25, 0.3) is 11.8 Å². The zero-order valence-electron chi connectivity index (χ0n) is 10.3. The summed E-state index contributed by atoms with van der Waals surface area (Å²) in [5.41, 5.74) is 0.421. The fourth-order valence-corrected chi connectivity index (χ4v) is 1.99. The Balaban J connectivity index is 1.88. The second-order valence-electron chi connectivity index (χ2n) is 4.17. The summed E-state index contributed by atoms with van der Waals surface area (Å²) in [5.74, 6) is -1.05. The molecule has 98 valence electrons. The van der Waals surface area contributed by atoms with E-state index in [2.05, 4.69) is 0 Å². The Morgan fingerprint density at radius 1 is 0.800 bits per heavy atom. The minimum absolute atomic E-state index is 0.211. The zero-order chi connectivity index (χ0) is 14.1. The molecule has 0 aliphatic carbocycles. The molecule has 2 aromatic rings. The van der Waals surface area contributed by atoms with Crippen molar-refractivity contribution in [2.24, 2.45) is 0 Å². The SMILES string of the molecule is O=C(Oc1ccccc1)N1C(=O)c2ccccc2C1=O. The Morgan fingerprint density at radius 3 is 1.85 bits per heavy atom. The predicted molar refractivity (Wildman–Crippen MR) is 69.4 cm³/mol. The summed E-state index contributed by atoms with van der Waals surface area (Å²) >= 11 is 0. The fraction of sp³-hybridized carbons (Fsp3) is 0. The monoisotopic (exact) mass is 267 g/mol. The summed E-state index contributed by atoms with van der Waals surface area (Å²) in [4.78, 5) is 36.6. The summed E-state index contributed by atoms with van der Waals surface area (Å²) in [7, 11) is 0. The highest BCUT2D eigenvalue weighted by molar-refractivity contribution is 6.28. The smallest absolute Gasteiger partial charge is 0.410 e. The molecule has 3 rings (SSSR count). The molecule has 3 amide bonds. The van der Waals surface area contributed by atoms with Crippen LogP contribution >= 0.6 is 0 Å². The molecule has 0 N–H and O–H groups in total. The number of ether oxygens (including phenoxy) is 1. The van der Waals surface area contributed by atoms with Crippen LogP contribution in [0, 0.1) is 0 Å². The van der Waals surface area contributed by atoms with Crippen molar-refractivity contribution in [2.45, 2.75) is 0 Å². The van der Waals surface area contributed by atoms with Crippen molar-refractivity contribution in [2.75, 3.05) is 0 Å². The Hall–Kier alpha value is -2.95. The molecule has 0 saturated carbocycles. The van der Waals surface area contributed by atoms with E-state index in [9.17, 15) is 14.4 Å². The maximum absolute atomic E-state index is 12.0. The predicted octanol–water partition coefficient (Wildman–Crippen LogP) is 2.48. The highest BCUT2D eigenvalue weighted by Gasteiger charge is 2.40. The molecule has 0 saturated heterocycles. The number of para-hydroxylation sites is 1. The molecule has 5 heteroatoms. The van der Waals surface area contributed by atoms with E-state index < -0.39 is 17.9 Å². The Kier molecular flexibility index (Phi) is 2.80. The van der Waals surface area contributed by atoms with Crippen molar-refractivity contribution in [3.63, 3.8) is 0 Å². The summed E-state index contributed by atoms with van der Waals surface area (Å²) in [5, 5.41) is 0. The average molecular weight is 267 g/mol. The van der Waals surface area contributed by atoms with Gasteiger partial charge in [0.05, 0.1) is 11.1 Å². The summed E-state index contributed by atoms with van der Waals surface area (Å²) < 4.78 is 5.02. The number of nitrogens with zero attached hydrogens (tertiary/aromatic N) is 1. The number of imide groups is 3. The molecule has 0 radical (unpaired) electrons. The third-order valence-electron chi connectivity index (χ3n) is 2.93. The van der Waals surface area contributed by atoms with Crippen LogP contribution in [0.15, 0.2) is 54.6 Å². The van der Waals surface area contributed by atoms with Gasteiger partial charge in [-0.1, -0.05) is 30.3 Å². The third-order valence-corrected chi connectivity index (χ3v) is 2.93. The first-order valence-corrected chi connectivity index (χ1v) is 5.93. The van der Waals surface area contributed by atoms with Crippen molar-refractivity contribution in [1.82, 2.24) is 4.90 Å². The molecule has 0 bridgehead atoms. The van der Waals surface area contributed by atoms with Crippen LogP contribution in [0.2, 0.25) is 0 Å². The van der Waals surface area contributed by atoms with Crippen LogP contribution in [0.1, 0.15) is 20.7 Å². The molecule has 1 aliphatic rings. The zero-order valence-corrected chi connectivity index (χ0v) is 10.3. The first-order valence-electron chi connectivity index (χ1n) is 5.93. The van der Waals surface area contributed by atoms with Crippen LogP contribution in [-0.2, 0) is 0 Å². The van der Waals surface area contributed by atoms with Crippen molar-refractivity contribution in [1.29, 1.82) is 0 Å². The molecule has 0 aromatic heterocycles. The lowest BCUT2D eigenvalue weighted by Gasteiger charge is -2.11. The number of hydrogen-bond donors (Lipinski definition) is 0. The van der Waals surface area contributed by atoms with Gasteiger partial charge in [-0.3, -0.25) is 9.59 Å². The summed E-state index contributed by atoms with van der Waals surface area (Å²) in [6.45, 7) is 0. The lowest BCUT2D eigenvalue weighted by atomic mass is 10.1. The largest absolute Gasteiger partial charge is 0.429 e.